The Bertz CT molecular complexity index is 589. The second-order valence-electron chi connectivity index (χ2n) is 7.62. The van der Waals surface area contributed by atoms with E-state index in [-0.39, 0.29) is 19.3 Å². The lowest BCUT2D eigenvalue weighted by Gasteiger charge is -2.20. The third-order valence-electron chi connectivity index (χ3n) is 4.56. The fraction of sp³-hybridized carbons (Fsp3) is 0.619. The van der Waals surface area contributed by atoms with Gasteiger partial charge in [0.15, 0.2) is 6.04 Å². The van der Waals surface area contributed by atoms with Crippen LogP contribution in [0.15, 0.2) is 30.3 Å². The number of cyclic esters (lactones) is 1. The van der Waals surface area contributed by atoms with E-state index in [1.165, 1.54) is 0 Å². The van der Waals surface area contributed by atoms with Crippen molar-refractivity contribution in [2.24, 2.45) is 11.8 Å². The van der Waals surface area contributed by atoms with E-state index in [2.05, 4.69) is 19.2 Å². The summed E-state index contributed by atoms with van der Waals surface area (Å²) >= 11 is 0. The Balaban J connectivity index is 1.85. The predicted octanol–water partition coefficient (Wildman–Crippen LogP) is 3.69. The molecule has 1 aliphatic heterocycles. The summed E-state index contributed by atoms with van der Waals surface area (Å²) < 4.78 is 16.4. The van der Waals surface area contributed by atoms with E-state index in [0.717, 1.165) is 24.8 Å². The highest BCUT2D eigenvalue weighted by molar-refractivity contribution is 5.81. The molecule has 3 atom stereocenters. The number of amides is 1. The van der Waals surface area contributed by atoms with Gasteiger partial charge in [-0.15, -0.1) is 0 Å². The first-order valence-corrected chi connectivity index (χ1v) is 9.69. The van der Waals surface area contributed by atoms with Gasteiger partial charge >= 0.3 is 12.1 Å². The van der Waals surface area contributed by atoms with Gasteiger partial charge in [0.2, 0.25) is 0 Å². The summed E-state index contributed by atoms with van der Waals surface area (Å²) in [7, 11) is 0. The van der Waals surface area contributed by atoms with Gasteiger partial charge in [-0.25, -0.2) is 9.59 Å². The van der Waals surface area contributed by atoms with E-state index in [0.29, 0.717) is 18.4 Å². The van der Waals surface area contributed by atoms with Gasteiger partial charge in [-0.2, -0.15) is 0 Å². The van der Waals surface area contributed by atoms with E-state index in [1.54, 1.807) is 0 Å². The Labute approximate surface area is 161 Å². The zero-order valence-electron chi connectivity index (χ0n) is 16.5. The molecule has 150 valence electrons. The second-order valence-corrected chi connectivity index (χ2v) is 7.62. The molecule has 6 heteroatoms. The lowest BCUT2D eigenvalue weighted by Crippen LogP contribution is -2.45. The minimum atomic E-state index is -0.862. The maximum absolute atomic E-state index is 12.3. The average Bonchev–Trinajstić information content (AvgIpc) is 2.69. The molecule has 0 aromatic heterocycles. The lowest BCUT2D eigenvalue weighted by atomic mass is 9.94. The van der Waals surface area contributed by atoms with Gasteiger partial charge in [0, 0.05) is 6.61 Å². The van der Waals surface area contributed by atoms with Crippen LogP contribution >= 0.6 is 0 Å². The molecule has 0 radical (unpaired) electrons. The molecule has 2 unspecified atom stereocenters. The molecule has 0 bridgehead atoms. The van der Waals surface area contributed by atoms with Gasteiger partial charge in [-0.3, -0.25) is 0 Å². The molecule has 1 fully saturated rings. The summed E-state index contributed by atoms with van der Waals surface area (Å²) in [5.41, 5.74) is 0.877. The maximum atomic E-state index is 12.3. The zero-order valence-corrected chi connectivity index (χ0v) is 16.5. The van der Waals surface area contributed by atoms with Crippen LogP contribution in [0.25, 0.3) is 0 Å². The minimum Gasteiger partial charge on any atom is -0.461 e. The first-order valence-electron chi connectivity index (χ1n) is 9.69. The Morgan fingerprint density at radius 2 is 2.00 bits per heavy atom. The molecule has 1 aliphatic rings. The SMILES string of the molecule is CC(C)CCC1COC[C@H](NC(=O)OCc2ccccc2)C(=O)OC(C)C1. The van der Waals surface area contributed by atoms with Crippen LogP contribution in [0.2, 0.25) is 0 Å². The number of ether oxygens (including phenoxy) is 3. The van der Waals surface area contributed by atoms with Gasteiger partial charge in [-0.1, -0.05) is 50.6 Å². The van der Waals surface area contributed by atoms with Crippen LogP contribution in [0.4, 0.5) is 4.79 Å². The first kappa shape index (κ1) is 21.2. The number of hydrogen-bond acceptors (Lipinski definition) is 5. The van der Waals surface area contributed by atoms with Crippen molar-refractivity contribution in [3.63, 3.8) is 0 Å². The van der Waals surface area contributed by atoms with Crippen molar-refractivity contribution in [3.05, 3.63) is 35.9 Å². The molecule has 2 rings (SSSR count). The summed E-state index contributed by atoms with van der Waals surface area (Å²) in [5, 5.41) is 2.56. The number of esters is 1. The molecule has 0 saturated carbocycles. The molecule has 1 aromatic carbocycles. The highest BCUT2D eigenvalue weighted by Crippen LogP contribution is 2.21. The number of alkyl carbamates (subject to hydrolysis) is 1. The van der Waals surface area contributed by atoms with Crippen LogP contribution in [0.3, 0.4) is 0 Å². The highest BCUT2D eigenvalue weighted by Gasteiger charge is 2.28. The maximum Gasteiger partial charge on any atom is 0.408 e. The van der Waals surface area contributed by atoms with E-state index >= 15 is 0 Å². The molecule has 1 heterocycles. The van der Waals surface area contributed by atoms with Gasteiger partial charge in [0.25, 0.3) is 0 Å². The fourth-order valence-electron chi connectivity index (χ4n) is 3.06. The molecule has 6 nitrogen and oxygen atoms in total. The number of carbonyl (C=O) groups is 2. The Kier molecular flexibility index (Phi) is 8.58. The molecule has 1 saturated heterocycles. The number of benzene rings is 1. The molecular weight excluding hydrogens is 346 g/mol. The third kappa shape index (κ3) is 7.99. The van der Waals surface area contributed by atoms with Gasteiger partial charge in [0.05, 0.1) is 12.7 Å². The topological polar surface area (TPSA) is 73.9 Å². The molecule has 0 aliphatic carbocycles. The van der Waals surface area contributed by atoms with Crippen molar-refractivity contribution >= 4 is 12.1 Å². The molecule has 1 aromatic rings. The summed E-state index contributed by atoms with van der Waals surface area (Å²) in [6.45, 7) is 7.06. The minimum absolute atomic E-state index is 0.0875. The van der Waals surface area contributed by atoms with Crippen molar-refractivity contribution in [1.82, 2.24) is 5.32 Å². The fourth-order valence-corrected chi connectivity index (χ4v) is 3.06. The standard InChI is InChI=1S/C21H31NO5/c1-15(2)9-10-18-11-16(3)27-20(23)19(14-25-12-18)22-21(24)26-13-17-7-5-4-6-8-17/h4-8,15-16,18-19H,9-14H2,1-3H3,(H,22,24)/t16?,18?,19-/m0/s1. The van der Waals surface area contributed by atoms with Crippen molar-refractivity contribution in [3.8, 4) is 0 Å². The summed E-state index contributed by atoms with van der Waals surface area (Å²) in [4.78, 5) is 24.4. The molecular formula is C21H31NO5. The summed E-state index contributed by atoms with van der Waals surface area (Å²) in [6.07, 6.45) is 2.05. The van der Waals surface area contributed by atoms with Crippen LogP contribution in [-0.4, -0.2) is 37.4 Å². The van der Waals surface area contributed by atoms with Crippen molar-refractivity contribution in [1.29, 1.82) is 0 Å². The molecule has 1 N–H and O–H groups in total. The number of hydrogen-bond donors (Lipinski definition) is 1. The molecule has 0 spiro atoms. The van der Waals surface area contributed by atoms with Crippen LogP contribution in [0.5, 0.6) is 0 Å². The van der Waals surface area contributed by atoms with Gasteiger partial charge in [-0.05, 0) is 37.2 Å². The van der Waals surface area contributed by atoms with E-state index in [9.17, 15) is 9.59 Å². The van der Waals surface area contributed by atoms with Crippen molar-refractivity contribution in [2.75, 3.05) is 13.2 Å². The predicted molar refractivity (Wildman–Crippen MR) is 102 cm³/mol. The lowest BCUT2D eigenvalue weighted by molar-refractivity contribution is -0.151. The van der Waals surface area contributed by atoms with Crippen LogP contribution in [0, 0.1) is 11.8 Å². The summed E-state index contributed by atoms with van der Waals surface area (Å²) in [5.74, 6) is 0.493. The van der Waals surface area contributed by atoms with Gasteiger partial charge in [0.1, 0.15) is 6.61 Å². The Morgan fingerprint density at radius 1 is 1.26 bits per heavy atom. The quantitative estimate of drug-likeness (QED) is 0.766. The smallest absolute Gasteiger partial charge is 0.408 e. The van der Waals surface area contributed by atoms with Crippen LogP contribution in [-0.2, 0) is 25.6 Å². The monoisotopic (exact) mass is 377 g/mol. The Hall–Kier alpha value is -2.08. The highest BCUT2D eigenvalue weighted by atomic mass is 16.6. The van der Waals surface area contributed by atoms with E-state index in [4.69, 9.17) is 14.2 Å². The van der Waals surface area contributed by atoms with Crippen LogP contribution < -0.4 is 5.32 Å². The number of nitrogens with one attached hydrogen (secondary N) is 1. The van der Waals surface area contributed by atoms with Crippen molar-refractivity contribution in [2.45, 2.75) is 58.8 Å². The largest absolute Gasteiger partial charge is 0.461 e. The third-order valence-corrected chi connectivity index (χ3v) is 4.56. The summed E-state index contributed by atoms with van der Waals surface area (Å²) in [6, 6.07) is 8.51. The number of rotatable bonds is 6. The van der Waals surface area contributed by atoms with Crippen LogP contribution in [0.1, 0.15) is 45.6 Å². The molecule has 1 amide bonds. The molecule has 27 heavy (non-hydrogen) atoms. The average molecular weight is 377 g/mol. The number of carbonyl (C=O) groups excluding carboxylic acids is 2. The normalized spacial score (nSPS) is 23.7. The van der Waals surface area contributed by atoms with E-state index < -0.39 is 18.1 Å². The first-order chi connectivity index (χ1) is 12.9. The van der Waals surface area contributed by atoms with E-state index in [1.807, 2.05) is 37.3 Å². The Morgan fingerprint density at radius 3 is 2.70 bits per heavy atom. The van der Waals surface area contributed by atoms with Gasteiger partial charge < -0.3 is 19.5 Å². The van der Waals surface area contributed by atoms with Crippen molar-refractivity contribution < 1.29 is 23.8 Å². The zero-order chi connectivity index (χ0) is 19.6. The second kappa shape index (κ2) is 10.9.